The predicted octanol–water partition coefficient (Wildman–Crippen LogP) is 5.20. The van der Waals surface area contributed by atoms with Gasteiger partial charge in [-0.3, -0.25) is 9.69 Å². The second-order valence-electron chi connectivity index (χ2n) is 12.5. The maximum absolute atomic E-state index is 14.3. The molecule has 1 N–H and O–H groups in total. The molecule has 9 heteroatoms. The first-order valence-electron chi connectivity index (χ1n) is 14.8. The molecule has 1 atom stereocenters. The lowest BCUT2D eigenvalue weighted by Gasteiger charge is -2.53. The highest BCUT2D eigenvalue weighted by Crippen LogP contribution is 2.45. The number of halogens is 1. The number of carbonyl (C=O) groups is 1. The number of carbonyl (C=O) groups excluding carboxylic acids is 1. The Hall–Kier alpha value is -2.78. The number of rotatable bonds is 12. The topological polar surface area (TPSA) is 73.8 Å². The molecule has 4 rings (SSSR count). The van der Waals surface area contributed by atoms with Crippen molar-refractivity contribution in [3.63, 3.8) is 0 Å². The maximum Gasteiger partial charge on any atom is 0.262 e. The van der Waals surface area contributed by atoms with E-state index in [2.05, 4.69) is 39.2 Å². The third-order valence-corrected chi connectivity index (χ3v) is 8.41. The first-order valence-corrected chi connectivity index (χ1v) is 14.8. The van der Waals surface area contributed by atoms with Gasteiger partial charge in [-0.05, 0) is 90.7 Å². The molecule has 8 nitrogen and oxygen atoms in total. The van der Waals surface area contributed by atoms with Crippen molar-refractivity contribution in [2.24, 2.45) is 11.3 Å². The van der Waals surface area contributed by atoms with Gasteiger partial charge in [0, 0.05) is 49.7 Å². The SMILES string of the molecule is CNCCCC(C(C)C)N1CC2(CCN(c3ccnnc3Oc3ccc(F)cc3C(=O)N(C(C)C)C(C)C)C2)C1. The van der Waals surface area contributed by atoms with E-state index in [0.717, 1.165) is 44.8 Å². The monoisotopic (exact) mass is 554 g/mol. The minimum atomic E-state index is -0.482. The summed E-state index contributed by atoms with van der Waals surface area (Å²) in [5.74, 6) is 0.498. The fourth-order valence-corrected chi connectivity index (χ4v) is 6.57. The summed E-state index contributed by atoms with van der Waals surface area (Å²) >= 11 is 0. The van der Waals surface area contributed by atoms with Crippen molar-refractivity contribution in [3.8, 4) is 11.6 Å². The van der Waals surface area contributed by atoms with Crippen LogP contribution in [0.15, 0.2) is 30.5 Å². The molecule has 1 spiro atoms. The van der Waals surface area contributed by atoms with E-state index >= 15 is 0 Å². The summed E-state index contributed by atoms with van der Waals surface area (Å²) in [5, 5.41) is 11.7. The van der Waals surface area contributed by atoms with E-state index in [0.29, 0.717) is 17.8 Å². The molecule has 2 aromatic rings. The standard InChI is InChI=1S/C31H47FN6O2/c1-21(2)26(9-8-14-33-7)37-19-31(20-37)13-16-36(18-31)27-12-15-34-35-29(27)40-28-11-10-24(32)17-25(28)30(39)38(22(3)4)23(5)6/h10-12,15,17,21-23,26,33H,8-9,13-14,16,18-20H2,1-7H3. The van der Waals surface area contributed by atoms with Crippen LogP contribution in [0, 0.1) is 17.2 Å². The number of hydrogen-bond donors (Lipinski definition) is 1. The Morgan fingerprint density at radius 1 is 1.12 bits per heavy atom. The number of aromatic nitrogens is 2. The summed E-state index contributed by atoms with van der Waals surface area (Å²) < 4.78 is 20.6. The van der Waals surface area contributed by atoms with Crippen LogP contribution in [-0.2, 0) is 0 Å². The van der Waals surface area contributed by atoms with E-state index in [1.807, 2.05) is 40.8 Å². The normalized spacial score (nSPS) is 17.6. The highest BCUT2D eigenvalue weighted by Gasteiger charge is 2.50. The Bertz CT molecular complexity index is 1140. The van der Waals surface area contributed by atoms with Gasteiger partial charge in [0.15, 0.2) is 0 Å². The lowest BCUT2D eigenvalue weighted by molar-refractivity contribution is -0.0338. The number of likely N-dealkylation sites (tertiary alicyclic amines) is 1. The minimum Gasteiger partial charge on any atom is -0.435 e. The largest absolute Gasteiger partial charge is 0.435 e. The van der Waals surface area contributed by atoms with Crippen molar-refractivity contribution in [1.82, 2.24) is 25.3 Å². The van der Waals surface area contributed by atoms with Gasteiger partial charge in [-0.15, -0.1) is 5.10 Å². The molecule has 1 aromatic carbocycles. The predicted molar refractivity (Wildman–Crippen MR) is 158 cm³/mol. The van der Waals surface area contributed by atoms with Gasteiger partial charge in [-0.25, -0.2) is 4.39 Å². The molecule has 3 heterocycles. The molecule has 40 heavy (non-hydrogen) atoms. The van der Waals surface area contributed by atoms with E-state index in [-0.39, 0.29) is 34.7 Å². The summed E-state index contributed by atoms with van der Waals surface area (Å²) in [5.41, 5.74) is 1.31. The van der Waals surface area contributed by atoms with Crippen LogP contribution in [0.4, 0.5) is 10.1 Å². The highest BCUT2D eigenvalue weighted by atomic mass is 19.1. The fraction of sp³-hybridized carbons (Fsp3) is 0.645. The van der Waals surface area contributed by atoms with Gasteiger partial charge in [0.25, 0.3) is 11.8 Å². The minimum absolute atomic E-state index is 0.0443. The average molecular weight is 555 g/mol. The smallest absolute Gasteiger partial charge is 0.262 e. The molecule has 2 aliphatic rings. The first kappa shape index (κ1) is 30.2. The molecule has 0 bridgehead atoms. The molecule has 1 amide bonds. The molecule has 0 aliphatic carbocycles. The zero-order valence-electron chi connectivity index (χ0n) is 25.3. The van der Waals surface area contributed by atoms with Gasteiger partial charge in [0.2, 0.25) is 0 Å². The van der Waals surface area contributed by atoms with Gasteiger partial charge in [0.1, 0.15) is 17.3 Å². The number of hydrogen-bond acceptors (Lipinski definition) is 7. The van der Waals surface area contributed by atoms with E-state index in [9.17, 15) is 9.18 Å². The summed E-state index contributed by atoms with van der Waals surface area (Å²) in [4.78, 5) is 20.2. The van der Waals surface area contributed by atoms with E-state index in [4.69, 9.17) is 4.74 Å². The number of anilines is 1. The van der Waals surface area contributed by atoms with Crippen LogP contribution in [0.1, 0.15) is 71.2 Å². The van der Waals surface area contributed by atoms with Crippen LogP contribution in [0.5, 0.6) is 11.6 Å². The molecule has 2 saturated heterocycles. The van der Waals surface area contributed by atoms with E-state index in [1.54, 1.807) is 11.1 Å². The third kappa shape index (κ3) is 6.57. The summed E-state index contributed by atoms with van der Waals surface area (Å²) in [6, 6.07) is 6.52. The zero-order valence-corrected chi connectivity index (χ0v) is 25.3. The maximum atomic E-state index is 14.3. The quantitative estimate of drug-likeness (QED) is 0.362. The summed E-state index contributed by atoms with van der Waals surface area (Å²) in [6.45, 7) is 17.6. The van der Waals surface area contributed by atoms with Gasteiger partial charge in [-0.1, -0.05) is 13.8 Å². The number of nitrogens with one attached hydrogen (secondary N) is 1. The number of nitrogens with zero attached hydrogens (tertiary/aromatic N) is 5. The highest BCUT2D eigenvalue weighted by molar-refractivity contribution is 5.97. The van der Waals surface area contributed by atoms with Gasteiger partial charge < -0.3 is 19.9 Å². The van der Waals surface area contributed by atoms with Crippen molar-refractivity contribution in [2.75, 3.05) is 44.7 Å². The Balaban J connectivity index is 1.50. The van der Waals surface area contributed by atoms with Crippen LogP contribution in [0.2, 0.25) is 0 Å². The van der Waals surface area contributed by atoms with Crippen LogP contribution in [-0.4, -0.2) is 83.8 Å². The molecule has 2 fully saturated rings. The number of amides is 1. The number of ether oxygens (including phenoxy) is 1. The van der Waals surface area contributed by atoms with Crippen molar-refractivity contribution in [1.29, 1.82) is 0 Å². The van der Waals surface area contributed by atoms with E-state index in [1.165, 1.54) is 31.0 Å². The first-order chi connectivity index (χ1) is 19.0. The second-order valence-corrected chi connectivity index (χ2v) is 12.5. The van der Waals surface area contributed by atoms with Crippen molar-refractivity contribution in [3.05, 3.63) is 41.8 Å². The molecule has 1 aromatic heterocycles. The lowest BCUT2D eigenvalue weighted by Crippen LogP contribution is -2.61. The van der Waals surface area contributed by atoms with Crippen molar-refractivity contribution < 1.29 is 13.9 Å². The molecular weight excluding hydrogens is 507 g/mol. The second kappa shape index (κ2) is 12.8. The molecule has 0 saturated carbocycles. The molecule has 0 radical (unpaired) electrons. The molecule has 2 aliphatic heterocycles. The fourth-order valence-electron chi connectivity index (χ4n) is 6.57. The third-order valence-electron chi connectivity index (χ3n) is 8.41. The van der Waals surface area contributed by atoms with Crippen molar-refractivity contribution in [2.45, 2.75) is 78.9 Å². The summed E-state index contributed by atoms with van der Waals surface area (Å²) in [6.07, 6.45) is 5.20. The Morgan fingerprint density at radius 2 is 1.85 bits per heavy atom. The molecular formula is C31H47FN6O2. The van der Waals surface area contributed by atoms with Crippen LogP contribution in [0.25, 0.3) is 0 Å². The van der Waals surface area contributed by atoms with E-state index < -0.39 is 5.82 Å². The Morgan fingerprint density at radius 3 is 2.50 bits per heavy atom. The van der Waals surface area contributed by atoms with Crippen LogP contribution in [0.3, 0.4) is 0 Å². The van der Waals surface area contributed by atoms with Crippen LogP contribution >= 0.6 is 0 Å². The number of benzene rings is 1. The van der Waals surface area contributed by atoms with Crippen LogP contribution < -0.4 is 15.0 Å². The lowest BCUT2D eigenvalue weighted by atomic mass is 9.76. The molecule has 220 valence electrons. The summed E-state index contributed by atoms with van der Waals surface area (Å²) in [7, 11) is 2.02. The van der Waals surface area contributed by atoms with Gasteiger partial charge in [0.05, 0.1) is 11.8 Å². The van der Waals surface area contributed by atoms with Gasteiger partial charge >= 0.3 is 0 Å². The zero-order chi connectivity index (χ0) is 29.0. The Labute approximate surface area is 239 Å². The average Bonchev–Trinajstić information content (AvgIpc) is 3.32. The molecule has 1 unspecified atom stereocenters. The van der Waals surface area contributed by atoms with Gasteiger partial charge in [-0.2, -0.15) is 5.10 Å². The van der Waals surface area contributed by atoms with Crippen molar-refractivity contribution >= 4 is 11.6 Å². The Kier molecular flexibility index (Phi) is 9.67.